The topological polar surface area (TPSA) is 0 Å². The van der Waals surface area contributed by atoms with Crippen LogP contribution in [0.4, 0.5) is 13.2 Å². The molecule has 0 spiro atoms. The van der Waals surface area contributed by atoms with E-state index in [-0.39, 0.29) is 0 Å². The molecule has 20 heavy (non-hydrogen) atoms. The predicted molar refractivity (Wildman–Crippen MR) is 79.8 cm³/mol. The number of rotatable bonds is 12. The van der Waals surface area contributed by atoms with Gasteiger partial charge in [0.1, 0.15) is 0 Å². The largest absolute Gasteiger partial charge is 0.286 e. The highest BCUT2D eigenvalue weighted by molar-refractivity contribution is 5.01. The minimum absolute atomic E-state index is 0.652. The molecule has 0 heterocycles. The van der Waals surface area contributed by atoms with Crippen molar-refractivity contribution in [2.45, 2.75) is 89.9 Å². The third-order valence-corrected chi connectivity index (χ3v) is 3.32. The first-order valence-electron chi connectivity index (χ1n) is 8.02. The Morgan fingerprint density at radius 2 is 1.25 bits per heavy atom. The first-order valence-corrected chi connectivity index (χ1v) is 8.02. The summed E-state index contributed by atoms with van der Waals surface area (Å²) in [6, 6.07) is 0. The van der Waals surface area contributed by atoms with E-state index in [1.807, 2.05) is 0 Å². The lowest BCUT2D eigenvalue weighted by Crippen LogP contribution is -2.17. The molecule has 0 atom stereocenters. The van der Waals surface area contributed by atoms with Gasteiger partial charge < -0.3 is 0 Å². The molecule has 0 unspecified atom stereocenters. The van der Waals surface area contributed by atoms with Crippen molar-refractivity contribution in [3.63, 3.8) is 0 Å². The van der Waals surface area contributed by atoms with Crippen molar-refractivity contribution in [1.82, 2.24) is 0 Å². The van der Waals surface area contributed by atoms with Crippen molar-refractivity contribution >= 4 is 0 Å². The van der Waals surface area contributed by atoms with Gasteiger partial charge in [-0.25, -0.2) is 13.2 Å². The normalized spacial score (nSPS) is 11.2. The Labute approximate surface area is 122 Å². The number of hydrogen-bond donors (Lipinski definition) is 0. The third kappa shape index (κ3) is 13.8. The second-order valence-electron chi connectivity index (χ2n) is 5.45. The average Bonchev–Trinajstić information content (AvgIpc) is 2.44. The van der Waals surface area contributed by atoms with Crippen molar-refractivity contribution in [3.05, 3.63) is 0 Å². The molecule has 0 aromatic carbocycles. The smallest absolute Gasteiger partial charge is 0.244 e. The summed E-state index contributed by atoms with van der Waals surface area (Å²) in [6.07, 6.45) is 12.5. The molecular formula is C17H29F3. The summed E-state index contributed by atoms with van der Waals surface area (Å²) >= 11 is 0. The summed E-state index contributed by atoms with van der Waals surface area (Å²) in [7, 11) is 0. The molecule has 3 heteroatoms. The highest BCUT2D eigenvalue weighted by Crippen LogP contribution is 2.17. The summed E-state index contributed by atoms with van der Waals surface area (Å²) in [6.45, 7) is 0.613. The van der Waals surface area contributed by atoms with E-state index in [2.05, 4.69) is 18.8 Å². The zero-order valence-corrected chi connectivity index (χ0v) is 12.8. The van der Waals surface area contributed by atoms with Gasteiger partial charge in [-0.3, -0.25) is 0 Å². The number of unbranched alkanes of at least 4 members (excludes halogenated alkanes) is 10. The summed E-state index contributed by atoms with van der Waals surface area (Å²) < 4.78 is 36.8. The highest BCUT2D eigenvalue weighted by Gasteiger charge is 2.27. The summed E-state index contributed by atoms with van der Waals surface area (Å²) in [5.74, 6) is 1.81. The van der Waals surface area contributed by atoms with Gasteiger partial charge >= 0.3 is 0 Å². The summed E-state index contributed by atoms with van der Waals surface area (Å²) in [4.78, 5) is 0. The van der Waals surface area contributed by atoms with Crippen LogP contribution in [0.1, 0.15) is 84.0 Å². The minimum Gasteiger partial charge on any atom is -0.244 e. The Bertz CT molecular complexity index is 263. The molecule has 0 amide bonds. The van der Waals surface area contributed by atoms with Crippen molar-refractivity contribution in [2.24, 2.45) is 0 Å². The first kappa shape index (κ1) is 19.4. The number of alkyl halides is 3. The SMILES string of the molecule is CCCCCCCCCCCCC#CCC(F)(F)CF. The average molecular weight is 290 g/mol. The summed E-state index contributed by atoms with van der Waals surface area (Å²) in [5, 5.41) is 0. The standard InChI is InChI=1S/C17H29F3/c1-2-3-4-5-6-7-8-9-10-11-12-13-14-15-17(19,20)16-18/h2-12,15-16H2,1H3. The van der Waals surface area contributed by atoms with E-state index in [0.29, 0.717) is 6.42 Å². The van der Waals surface area contributed by atoms with Gasteiger partial charge in [0.25, 0.3) is 5.92 Å². The van der Waals surface area contributed by atoms with Gasteiger partial charge in [0.2, 0.25) is 0 Å². The van der Waals surface area contributed by atoms with Crippen LogP contribution in [0.2, 0.25) is 0 Å². The quantitative estimate of drug-likeness (QED) is 0.292. The van der Waals surface area contributed by atoms with E-state index < -0.39 is 19.0 Å². The zero-order valence-electron chi connectivity index (χ0n) is 12.8. The molecule has 0 aliphatic rings. The van der Waals surface area contributed by atoms with Gasteiger partial charge in [0.15, 0.2) is 6.67 Å². The molecule has 0 bridgehead atoms. The maximum absolute atomic E-state index is 12.5. The fourth-order valence-electron chi connectivity index (χ4n) is 2.03. The van der Waals surface area contributed by atoms with E-state index >= 15 is 0 Å². The Morgan fingerprint density at radius 3 is 1.75 bits per heavy atom. The second kappa shape index (κ2) is 13.3. The molecule has 0 nitrogen and oxygen atoms in total. The van der Waals surface area contributed by atoms with Gasteiger partial charge in [0.05, 0.1) is 6.42 Å². The lowest BCUT2D eigenvalue weighted by molar-refractivity contribution is -0.0171. The molecular weight excluding hydrogens is 261 g/mol. The van der Waals surface area contributed by atoms with Crippen LogP contribution in [0, 0.1) is 11.8 Å². The lowest BCUT2D eigenvalue weighted by Gasteiger charge is -2.05. The monoisotopic (exact) mass is 290 g/mol. The molecule has 0 aromatic heterocycles. The Balaban J connectivity index is 3.23. The molecule has 0 saturated heterocycles. The van der Waals surface area contributed by atoms with Gasteiger partial charge in [-0.2, -0.15) is 0 Å². The Kier molecular flexibility index (Phi) is 12.9. The van der Waals surface area contributed by atoms with Crippen molar-refractivity contribution in [3.8, 4) is 11.8 Å². The summed E-state index contributed by atoms with van der Waals surface area (Å²) in [5.41, 5.74) is 0. The van der Waals surface area contributed by atoms with Crippen LogP contribution >= 0.6 is 0 Å². The van der Waals surface area contributed by atoms with Crippen molar-refractivity contribution < 1.29 is 13.2 Å². The van der Waals surface area contributed by atoms with E-state index in [4.69, 9.17) is 0 Å². The van der Waals surface area contributed by atoms with Crippen LogP contribution in [-0.2, 0) is 0 Å². The fraction of sp³-hybridized carbons (Fsp3) is 0.882. The van der Waals surface area contributed by atoms with Crippen molar-refractivity contribution in [1.29, 1.82) is 0 Å². The van der Waals surface area contributed by atoms with E-state index in [1.54, 1.807) is 0 Å². The zero-order chi connectivity index (χ0) is 15.1. The van der Waals surface area contributed by atoms with E-state index in [0.717, 1.165) is 12.8 Å². The molecule has 0 aliphatic heterocycles. The van der Waals surface area contributed by atoms with Crippen LogP contribution < -0.4 is 0 Å². The molecule has 0 aromatic rings. The van der Waals surface area contributed by atoms with E-state index in [1.165, 1.54) is 51.4 Å². The van der Waals surface area contributed by atoms with Crippen LogP contribution in [-0.4, -0.2) is 12.6 Å². The van der Waals surface area contributed by atoms with Gasteiger partial charge in [-0.15, -0.1) is 5.92 Å². The Morgan fingerprint density at radius 1 is 0.750 bits per heavy atom. The molecule has 0 rings (SSSR count). The van der Waals surface area contributed by atoms with Crippen LogP contribution in [0.3, 0.4) is 0 Å². The van der Waals surface area contributed by atoms with Crippen LogP contribution in [0.25, 0.3) is 0 Å². The fourth-order valence-corrected chi connectivity index (χ4v) is 2.03. The first-order chi connectivity index (χ1) is 9.62. The van der Waals surface area contributed by atoms with Crippen molar-refractivity contribution in [2.75, 3.05) is 6.67 Å². The molecule has 0 saturated carbocycles. The molecule has 118 valence electrons. The number of halogens is 3. The van der Waals surface area contributed by atoms with Gasteiger partial charge in [-0.1, -0.05) is 70.6 Å². The van der Waals surface area contributed by atoms with Gasteiger partial charge in [0, 0.05) is 6.42 Å². The lowest BCUT2D eigenvalue weighted by atomic mass is 10.1. The predicted octanol–water partition coefficient (Wildman–Crippen LogP) is 6.30. The molecule has 0 aliphatic carbocycles. The molecule has 0 N–H and O–H groups in total. The third-order valence-electron chi connectivity index (χ3n) is 3.32. The molecule has 0 radical (unpaired) electrons. The molecule has 0 fully saturated rings. The maximum atomic E-state index is 12.5. The van der Waals surface area contributed by atoms with E-state index in [9.17, 15) is 13.2 Å². The van der Waals surface area contributed by atoms with Crippen LogP contribution in [0.5, 0.6) is 0 Å². The maximum Gasteiger partial charge on any atom is 0.286 e. The van der Waals surface area contributed by atoms with Crippen LogP contribution in [0.15, 0.2) is 0 Å². The second-order valence-corrected chi connectivity index (χ2v) is 5.45. The highest BCUT2D eigenvalue weighted by atomic mass is 19.3. The number of hydrogen-bond acceptors (Lipinski definition) is 0. The Hall–Kier alpha value is -0.650. The minimum atomic E-state index is -3.26. The van der Waals surface area contributed by atoms with Gasteiger partial charge in [-0.05, 0) is 6.42 Å².